The predicted molar refractivity (Wildman–Crippen MR) is 122 cm³/mol. The second-order valence-electron chi connectivity index (χ2n) is 8.58. The Morgan fingerprint density at radius 2 is 0.968 bits per heavy atom. The van der Waals surface area contributed by atoms with Gasteiger partial charge in [0.25, 0.3) is 0 Å². The summed E-state index contributed by atoms with van der Waals surface area (Å²) < 4.78 is 10.7. The van der Waals surface area contributed by atoms with E-state index in [0.29, 0.717) is 12.8 Å². The Balaban J connectivity index is 1.30. The minimum atomic E-state index is 0.165. The molecule has 8 nitrogen and oxygen atoms in total. The van der Waals surface area contributed by atoms with Gasteiger partial charge in [0.2, 0.25) is 11.8 Å². The second-order valence-corrected chi connectivity index (χ2v) is 8.58. The summed E-state index contributed by atoms with van der Waals surface area (Å²) in [5.41, 5.74) is 0. The van der Waals surface area contributed by atoms with Crippen LogP contribution in [0.25, 0.3) is 0 Å². The van der Waals surface area contributed by atoms with Crippen LogP contribution >= 0.6 is 0 Å². The third-order valence-corrected chi connectivity index (χ3v) is 5.96. The highest BCUT2D eigenvalue weighted by molar-refractivity contribution is 5.76. The fourth-order valence-electron chi connectivity index (χ4n) is 3.99. The molecule has 2 saturated heterocycles. The number of carbonyl (C=O) groups is 2. The van der Waals surface area contributed by atoms with Gasteiger partial charge in [-0.15, -0.1) is 0 Å². The highest BCUT2D eigenvalue weighted by Gasteiger charge is 2.10. The standard InChI is InChI=1S/C23H44N4O4/c28-22(24-10-6-12-26-14-18-30-19-15-26)8-4-2-1-3-5-9-23(29)25-11-7-13-27-16-20-31-21-17-27/h1-21H2,(H,24,28)(H,25,29). The zero-order chi connectivity index (χ0) is 22.0. The lowest BCUT2D eigenvalue weighted by atomic mass is 10.1. The molecule has 2 aliphatic heterocycles. The van der Waals surface area contributed by atoms with E-state index in [4.69, 9.17) is 9.47 Å². The van der Waals surface area contributed by atoms with Gasteiger partial charge in [-0.3, -0.25) is 19.4 Å². The molecule has 2 heterocycles. The van der Waals surface area contributed by atoms with E-state index >= 15 is 0 Å². The lowest BCUT2D eigenvalue weighted by Crippen LogP contribution is -2.38. The van der Waals surface area contributed by atoms with Crippen LogP contribution in [-0.4, -0.2) is 100 Å². The molecule has 0 spiro atoms. The van der Waals surface area contributed by atoms with Gasteiger partial charge in [-0.2, -0.15) is 0 Å². The van der Waals surface area contributed by atoms with E-state index in [1.165, 1.54) is 0 Å². The quantitative estimate of drug-likeness (QED) is 0.353. The summed E-state index contributed by atoms with van der Waals surface area (Å²) in [6, 6.07) is 0. The molecule has 0 radical (unpaired) electrons. The van der Waals surface area contributed by atoms with Crippen LogP contribution in [0.5, 0.6) is 0 Å². The van der Waals surface area contributed by atoms with Crippen LogP contribution < -0.4 is 10.6 Å². The number of unbranched alkanes of at least 4 members (excludes halogenated alkanes) is 4. The maximum absolute atomic E-state index is 11.9. The molecule has 2 amide bonds. The first-order valence-corrected chi connectivity index (χ1v) is 12.4. The second kappa shape index (κ2) is 17.3. The van der Waals surface area contributed by atoms with E-state index in [0.717, 1.165) is 124 Å². The number of hydrogen-bond acceptors (Lipinski definition) is 6. The van der Waals surface area contributed by atoms with Crippen molar-refractivity contribution in [1.82, 2.24) is 20.4 Å². The van der Waals surface area contributed by atoms with Gasteiger partial charge in [0.15, 0.2) is 0 Å². The summed E-state index contributed by atoms with van der Waals surface area (Å²) in [6.45, 7) is 10.9. The van der Waals surface area contributed by atoms with Crippen molar-refractivity contribution in [2.24, 2.45) is 0 Å². The Morgan fingerprint density at radius 3 is 1.39 bits per heavy atom. The maximum Gasteiger partial charge on any atom is 0.219 e. The molecule has 0 aromatic heterocycles. The summed E-state index contributed by atoms with van der Waals surface area (Å²) in [5, 5.41) is 6.05. The molecule has 2 N–H and O–H groups in total. The summed E-state index contributed by atoms with van der Waals surface area (Å²) >= 11 is 0. The number of ether oxygens (including phenoxy) is 2. The van der Waals surface area contributed by atoms with Crippen molar-refractivity contribution >= 4 is 11.8 Å². The van der Waals surface area contributed by atoms with Gasteiger partial charge in [-0.25, -0.2) is 0 Å². The molecule has 0 aromatic carbocycles. The van der Waals surface area contributed by atoms with Gasteiger partial charge in [0, 0.05) is 52.1 Å². The Morgan fingerprint density at radius 1 is 0.581 bits per heavy atom. The van der Waals surface area contributed by atoms with E-state index < -0.39 is 0 Å². The van der Waals surface area contributed by atoms with Crippen molar-refractivity contribution in [3.05, 3.63) is 0 Å². The van der Waals surface area contributed by atoms with Crippen LogP contribution in [0, 0.1) is 0 Å². The van der Waals surface area contributed by atoms with Crippen LogP contribution in [0.15, 0.2) is 0 Å². The van der Waals surface area contributed by atoms with Gasteiger partial charge in [-0.05, 0) is 38.8 Å². The zero-order valence-corrected chi connectivity index (χ0v) is 19.4. The molecule has 0 aromatic rings. The highest BCUT2D eigenvalue weighted by Crippen LogP contribution is 2.07. The maximum atomic E-state index is 11.9. The van der Waals surface area contributed by atoms with Crippen LogP contribution in [0.4, 0.5) is 0 Å². The van der Waals surface area contributed by atoms with Crippen LogP contribution in [0.1, 0.15) is 57.8 Å². The van der Waals surface area contributed by atoms with Crippen molar-refractivity contribution in [2.75, 3.05) is 78.8 Å². The first-order valence-electron chi connectivity index (χ1n) is 12.4. The molecule has 2 fully saturated rings. The smallest absolute Gasteiger partial charge is 0.219 e. The average Bonchev–Trinajstić information content (AvgIpc) is 2.80. The fraction of sp³-hybridized carbons (Fsp3) is 0.913. The fourth-order valence-corrected chi connectivity index (χ4v) is 3.99. The van der Waals surface area contributed by atoms with E-state index in [1.54, 1.807) is 0 Å². The number of morpholine rings is 2. The summed E-state index contributed by atoms with van der Waals surface area (Å²) in [7, 11) is 0. The third kappa shape index (κ3) is 13.7. The first-order chi connectivity index (χ1) is 15.2. The van der Waals surface area contributed by atoms with E-state index in [9.17, 15) is 9.59 Å². The lowest BCUT2D eigenvalue weighted by molar-refractivity contribution is -0.121. The Bertz CT molecular complexity index is 438. The predicted octanol–water partition coefficient (Wildman–Crippen LogP) is 1.39. The van der Waals surface area contributed by atoms with Gasteiger partial charge < -0.3 is 20.1 Å². The zero-order valence-electron chi connectivity index (χ0n) is 19.4. The molecule has 0 bridgehead atoms. The molecular formula is C23H44N4O4. The number of rotatable bonds is 16. The number of nitrogens with one attached hydrogen (secondary N) is 2. The van der Waals surface area contributed by atoms with Crippen molar-refractivity contribution in [1.29, 1.82) is 0 Å². The first kappa shape index (κ1) is 26.0. The molecule has 0 atom stereocenters. The van der Waals surface area contributed by atoms with Gasteiger partial charge in [0.1, 0.15) is 0 Å². The molecule has 0 unspecified atom stereocenters. The molecule has 2 rings (SSSR count). The van der Waals surface area contributed by atoms with Crippen molar-refractivity contribution in [2.45, 2.75) is 57.8 Å². The Kier molecular flexibility index (Phi) is 14.6. The van der Waals surface area contributed by atoms with E-state index in [1.807, 2.05) is 0 Å². The normalized spacial score (nSPS) is 18.1. The number of hydrogen-bond donors (Lipinski definition) is 2. The minimum absolute atomic E-state index is 0.165. The van der Waals surface area contributed by atoms with Gasteiger partial charge in [-0.1, -0.05) is 19.3 Å². The molecular weight excluding hydrogens is 396 g/mol. The van der Waals surface area contributed by atoms with Crippen molar-refractivity contribution in [3.8, 4) is 0 Å². The number of amides is 2. The summed E-state index contributed by atoms with van der Waals surface area (Å²) in [4.78, 5) is 28.6. The van der Waals surface area contributed by atoms with E-state index in [2.05, 4.69) is 20.4 Å². The molecule has 8 heteroatoms. The SMILES string of the molecule is O=C(CCCCCCCC(=O)NCCCN1CCOCC1)NCCCN1CCOCC1. The van der Waals surface area contributed by atoms with Crippen LogP contribution in [0.2, 0.25) is 0 Å². The van der Waals surface area contributed by atoms with Gasteiger partial charge >= 0.3 is 0 Å². The molecule has 180 valence electrons. The van der Waals surface area contributed by atoms with Crippen molar-refractivity contribution in [3.63, 3.8) is 0 Å². The molecule has 0 saturated carbocycles. The lowest BCUT2D eigenvalue weighted by Gasteiger charge is -2.26. The number of nitrogens with zero attached hydrogens (tertiary/aromatic N) is 2. The number of carbonyl (C=O) groups excluding carboxylic acids is 2. The largest absolute Gasteiger partial charge is 0.379 e. The Hall–Kier alpha value is -1.22. The molecule has 2 aliphatic rings. The highest BCUT2D eigenvalue weighted by atomic mass is 16.5. The van der Waals surface area contributed by atoms with Crippen LogP contribution in [0.3, 0.4) is 0 Å². The van der Waals surface area contributed by atoms with Crippen molar-refractivity contribution < 1.29 is 19.1 Å². The third-order valence-electron chi connectivity index (χ3n) is 5.96. The minimum Gasteiger partial charge on any atom is -0.379 e. The monoisotopic (exact) mass is 440 g/mol. The van der Waals surface area contributed by atoms with Crippen LogP contribution in [-0.2, 0) is 19.1 Å². The summed E-state index contributed by atoms with van der Waals surface area (Å²) in [5.74, 6) is 0.330. The summed E-state index contributed by atoms with van der Waals surface area (Å²) in [6.07, 6.45) is 8.30. The molecule has 0 aliphatic carbocycles. The van der Waals surface area contributed by atoms with E-state index in [-0.39, 0.29) is 11.8 Å². The van der Waals surface area contributed by atoms with Gasteiger partial charge in [0.05, 0.1) is 26.4 Å². The topological polar surface area (TPSA) is 83.1 Å². The Labute approximate surface area is 188 Å². The average molecular weight is 441 g/mol. The molecule has 31 heavy (non-hydrogen) atoms.